The number of nitrogens with one attached hydrogen (secondary N) is 1. The SMILES string of the molecule is CN=C(NCC1(c2ccccc2C)CC1)N1CCN(S(=O)(=O)Cc2ccon2)CC1. The van der Waals surface area contributed by atoms with Crippen LogP contribution in [0.3, 0.4) is 0 Å². The molecular formula is C21H29N5O3S. The number of benzene rings is 1. The summed E-state index contributed by atoms with van der Waals surface area (Å²) in [6, 6.07) is 10.2. The molecule has 30 heavy (non-hydrogen) atoms. The molecular weight excluding hydrogens is 402 g/mol. The van der Waals surface area contributed by atoms with Gasteiger partial charge in [0.25, 0.3) is 0 Å². The molecule has 2 fully saturated rings. The fourth-order valence-corrected chi connectivity index (χ4v) is 5.63. The predicted octanol–water partition coefficient (Wildman–Crippen LogP) is 1.74. The molecule has 9 heteroatoms. The number of aromatic nitrogens is 1. The van der Waals surface area contributed by atoms with Crippen LogP contribution in [-0.4, -0.2) is 68.5 Å². The third-order valence-corrected chi connectivity index (χ3v) is 7.93. The van der Waals surface area contributed by atoms with E-state index in [-0.39, 0.29) is 11.2 Å². The van der Waals surface area contributed by atoms with Gasteiger partial charge in [0.1, 0.15) is 12.0 Å². The van der Waals surface area contributed by atoms with E-state index in [4.69, 9.17) is 4.52 Å². The van der Waals surface area contributed by atoms with Gasteiger partial charge in [0.2, 0.25) is 10.0 Å². The number of guanidine groups is 1. The summed E-state index contributed by atoms with van der Waals surface area (Å²) in [5.74, 6) is 0.707. The third-order valence-electron chi connectivity index (χ3n) is 6.12. The zero-order chi connectivity index (χ0) is 21.2. The highest BCUT2D eigenvalue weighted by atomic mass is 32.2. The number of aliphatic imine (C=N–C) groups is 1. The van der Waals surface area contributed by atoms with E-state index < -0.39 is 10.0 Å². The Bertz CT molecular complexity index is 991. The van der Waals surface area contributed by atoms with Gasteiger partial charge >= 0.3 is 0 Å². The minimum absolute atomic E-state index is 0.130. The minimum Gasteiger partial charge on any atom is -0.364 e. The van der Waals surface area contributed by atoms with E-state index >= 15 is 0 Å². The van der Waals surface area contributed by atoms with Crippen LogP contribution in [0, 0.1) is 6.92 Å². The lowest BCUT2D eigenvalue weighted by Gasteiger charge is -2.36. The van der Waals surface area contributed by atoms with E-state index in [1.54, 1.807) is 13.1 Å². The topological polar surface area (TPSA) is 91.0 Å². The zero-order valence-corrected chi connectivity index (χ0v) is 18.4. The van der Waals surface area contributed by atoms with E-state index in [9.17, 15) is 8.42 Å². The molecule has 1 aliphatic heterocycles. The normalized spacial score (nSPS) is 19.7. The van der Waals surface area contributed by atoms with Crippen molar-refractivity contribution in [1.82, 2.24) is 19.7 Å². The first-order chi connectivity index (χ1) is 14.4. The first-order valence-corrected chi connectivity index (χ1v) is 11.9. The van der Waals surface area contributed by atoms with Crippen LogP contribution in [0.15, 0.2) is 46.1 Å². The molecule has 1 saturated carbocycles. The largest absolute Gasteiger partial charge is 0.364 e. The molecule has 1 saturated heterocycles. The summed E-state index contributed by atoms with van der Waals surface area (Å²) >= 11 is 0. The van der Waals surface area contributed by atoms with Gasteiger partial charge in [-0.25, -0.2) is 8.42 Å². The molecule has 0 bridgehead atoms. The first kappa shape index (κ1) is 20.9. The summed E-state index contributed by atoms with van der Waals surface area (Å²) in [5, 5.41) is 7.26. The minimum atomic E-state index is -3.40. The molecule has 2 aliphatic rings. The summed E-state index contributed by atoms with van der Waals surface area (Å²) in [6.45, 7) is 5.09. The number of rotatable bonds is 6. The van der Waals surface area contributed by atoms with E-state index in [1.807, 2.05) is 0 Å². The van der Waals surface area contributed by atoms with Crippen molar-refractivity contribution in [3.8, 4) is 0 Å². The van der Waals surface area contributed by atoms with Crippen molar-refractivity contribution in [2.24, 2.45) is 4.99 Å². The fraction of sp³-hybridized carbons (Fsp3) is 0.524. The van der Waals surface area contributed by atoms with Crippen LogP contribution in [0.2, 0.25) is 0 Å². The van der Waals surface area contributed by atoms with E-state index in [1.165, 1.54) is 34.5 Å². The molecule has 162 valence electrons. The highest BCUT2D eigenvalue weighted by molar-refractivity contribution is 7.88. The van der Waals surface area contributed by atoms with Crippen molar-refractivity contribution in [2.75, 3.05) is 39.8 Å². The summed E-state index contributed by atoms with van der Waals surface area (Å²) < 4.78 is 31.5. The molecule has 0 unspecified atom stereocenters. The van der Waals surface area contributed by atoms with E-state index in [0.29, 0.717) is 31.9 Å². The van der Waals surface area contributed by atoms with Gasteiger partial charge in [-0.3, -0.25) is 4.99 Å². The maximum Gasteiger partial charge on any atom is 0.220 e. The van der Waals surface area contributed by atoms with Crippen molar-refractivity contribution in [3.63, 3.8) is 0 Å². The molecule has 2 heterocycles. The molecule has 0 amide bonds. The van der Waals surface area contributed by atoms with Crippen LogP contribution >= 0.6 is 0 Å². The number of piperazine rings is 1. The van der Waals surface area contributed by atoms with Gasteiger partial charge in [0.05, 0.1) is 5.69 Å². The van der Waals surface area contributed by atoms with Crippen molar-refractivity contribution in [1.29, 1.82) is 0 Å². The quantitative estimate of drug-likeness (QED) is 0.553. The number of nitrogens with zero attached hydrogens (tertiary/aromatic N) is 4. The molecule has 1 aromatic carbocycles. The number of hydrogen-bond donors (Lipinski definition) is 1. The first-order valence-electron chi connectivity index (χ1n) is 10.3. The van der Waals surface area contributed by atoms with E-state index in [0.717, 1.165) is 12.5 Å². The summed E-state index contributed by atoms with van der Waals surface area (Å²) in [5.41, 5.74) is 3.36. The maximum absolute atomic E-state index is 12.6. The number of hydrogen-bond acceptors (Lipinski definition) is 5. The van der Waals surface area contributed by atoms with Gasteiger partial charge in [-0.1, -0.05) is 29.4 Å². The fourth-order valence-electron chi connectivity index (χ4n) is 4.21. The van der Waals surface area contributed by atoms with Crippen LogP contribution in [0.4, 0.5) is 0 Å². The summed E-state index contributed by atoms with van der Waals surface area (Å²) in [4.78, 5) is 6.58. The molecule has 1 aromatic heterocycles. The summed E-state index contributed by atoms with van der Waals surface area (Å²) in [6.07, 6.45) is 3.74. The van der Waals surface area contributed by atoms with Crippen LogP contribution < -0.4 is 5.32 Å². The standard InChI is InChI=1S/C21H29N5O3S/c1-17-5-3-4-6-19(17)21(8-9-21)16-23-20(22-2)25-10-12-26(13-11-25)30(27,28)15-18-7-14-29-24-18/h3-7,14H,8-13,15-16H2,1-2H3,(H,22,23). The predicted molar refractivity (Wildman–Crippen MR) is 116 cm³/mol. The number of aryl methyl sites for hydroxylation is 1. The van der Waals surface area contributed by atoms with Crippen molar-refractivity contribution >= 4 is 16.0 Å². The van der Waals surface area contributed by atoms with Gasteiger partial charge < -0.3 is 14.7 Å². The van der Waals surface area contributed by atoms with Crippen LogP contribution in [0.5, 0.6) is 0 Å². The van der Waals surface area contributed by atoms with Gasteiger partial charge in [-0.15, -0.1) is 0 Å². The Morgan fingerprint density at radius 3 is 2.53 bits per heavy atom. The zero-order valence-electron chi connectivity index (χ0n) is 17.5. The third kappa shape index (κ3) is 4.37. The lowest BCUT2D eigenvalue weighted by atomic mass is 9.92. The average Bonchev–Trinajstić information content (AvgIpc) is 3.36. The lowest BCUT2D eigenvalue weighted by Crippen LogP contribution is -2.54. The van der Waals surface area contributed by atoms with Gasteiger partial charge in [-0.2, -0.15) is 4.31 Å². The number of sulfonamides is 1. The lowest BCUT2D eigenvalue weighted by molar-refractivity contribution is 0.259. The second-order valence-electron chi connectivity index (χ2n) is 8.13. The van der Waals surface area contributed by atoms with Crippen LogP contribution in [-0.2, 0) is 21.2 Å². The Kier molecular flexibility index (Phi) is 5.84. The smallest absolute Gasteiger partial charge is 0.220 e. The van der Waals surface area contributed by atoms with E-state index in [2.05, 4.69) is 51.6 Å². The Morgan fingerprint density at radius 2 is 1.93 bits per heavy atom. The molecule has 4 rings (SSSR count). The molecule has 8 nitrogen and oxygen atoms in total. The molecule has 0 spiro atoms. The highest BCUT2D eigenvalue weighted by Crippen LogP contribution is 2.48. The second kappa shape index (κ2) is 8.39. The van der Waals surface area contributed by atoms with Crippen molar-refractivity contribution < 1.29 is 12.9 Å². The Hall–Kier alpha value is -2.39. The molecule has 0 atom stereocenters. The van der Waals surface area contributed by atoms with Gasteiger partial charge in [0, 0.05) is 51.3 Å². The molecule has 1 N–H and O–H groups in total. The maximum atomic E-state index is 12.6. The monoisotopic (exact) mass is 431 g/mol. The highest BCUT2D eigenvalue weighted by Gasteiger charge is 2.45. The Labute approximate surface area is 178 Å². The van der Waals surface area contributed by atoms with Crippen molar-refractivity contribution in [2.45, 2.75) is 30.9 Å². The molecule has 0 radical (unpaired) electrons. The Morgan fingerprint density at radius 1 is 1.20 bits per heavy atom. The second-order valence-corrected chi connectivity index (χ2v) is 10.1. The van der Waals surface area contributed by atoms with Gasteiger partial charge in [0.15, 0.2) is 5.96 Å². The Balaban J connectivity index is 1.33. The molecule has 2 aromatic rings. The van der Waals surface area contributed by atoms with Crippen LogP contribution in [0.25, 0.3) is 0 Å². The average molecular weight is 432 g/mol. The van der Waals surface area contributed by atoms with Crippen LogP contribution in [0.1, 0.15) is 29.7 Å². The van der Waals surface area contributed by atoms with Crippen molar-refractivity contribution in [3.05, 3.63) is 53.4 Å². The molecule has 1 aliphatic carbocycles. The summed E-state index contributed by atoms with van der Waals surface area (Å²) in [7, 11) is -1.62. The van der Waals surface area contributed by atoms with Gasteiger partial charge in [-0.05, 0) is 30.9 Å².